The van der Waals surface area contributed by atoms with Crippen LogP contribution in [-0.4, -0.2) is 37.2 Å². The smallest absolute Gasteiger partial charge is 0.0780 e. The first-order valence-corrected chi connectivity index (χ1v) is 11.2. The molecule has 0 aliphatic carbocycles. The summed E-state index contributed by atoms with van der Waals surface area (Å²) in [6.07, 6.45) is 23.9. The molecule has 0 aromatic carbocycles. The zero-order valence-corrected chi connectivity index (χ0v) is 20.5. The molecule has 1 heterocycles. The van der Waals surface area contributed by atoms with Gasteiger partial charge in [-0.25, -0.2) is 0 Å². The van der Waals surface area contributed by atoms with Crippen molar-refractivity contribution in [2.45, 2.75) is 96.8 Å². The van der Waals surface area contributed by atoms with E-state index in [0.29, 0.717) is 0 Å². The van der Waals surface area contributed by atoms with Crippen molar-refractivity contribution in [1.29, 1.82) is 0 Å². The molecule has 27 heavy (non-hydrogen) atoms. The maximum Gasteiger partial charge on any atom is 0.0780 e. The van der Waals surface area contributed by atoms with Gasteiger partial charge in [-0.1, -0.05) is 90.0 Å². The van der Waals surface area contributed by atoms with Crippen LogP contribution >= 0.6 is 17.0 Å². The summed E-state index contributed by atoms with van der Waals surface area (Å²) < 4.78 is 1.12. The van der Waals surface area contributed by atoms with Gasteiger partial charge in [0.2, 0.25) is 0 Å². The Labute approximate surface area is 181 Å². The number of pyridine rings is 1. The zero-order chi connectivity index (χ0) is 19.3. The van der Waals surface area contributed by atoms with Gasteiger partial charge in [-0.15, -0.1) is 17.0 Å². The predicted octanol–water partition coefficient (Wildman–Crippen LogP) is 7.83. The van der Waals surface area contributed by atoms with Crippen LogP contribution in [0.3, 0.4) is 0 Å². The van der Waals surface area contributed by atoms with Gasteiger partial charge in [-0.3, -0.25) is 4.98 Å². The van der Waals surface area contributed by atoms with Crippen LogP contribution in [0.25, 0.3) is 0 Å². The average molecular weight is 445 g/mol. The largest absolute Gasteiger partial charge is 0.331 e. The highest BCUT2D eigenvalue weighted by Crippen LogP contribution is 2.13. The molecule has 1 aromatic heterocycles. The molecule has 0 aliphatic heterocycles. The maximum absolute atomic E-state index is 3.78. The predicted molar refractivity (Wildman–Crippen MR) is 128 cm³/mol. The van der Waals surface area contributed by atoms with Crippen molar-refractivity contribution in [3.63, 3.8) is 0 Å². The Hall–Kier alpha value is -0.410. The van der Waals surface area contributed by atoms with Gasteiger partial charge >= 0.3 is 0 Å². The molecule has 3 heteroatoms. The van der Waals surface area contributed by atoms with Crippen molar-refractivity contribution >= 4 is 17.0 Å². The fourth-order valence-electron chi connectivity index (χ4n) is 3.09. The second-order valence-corrected chi connectivity index (χ2v) is 8.63. The molecule has 0 N–H and O–H groups in total. The van der Waals surface area contributed by atoms with Gasteiger partial charge in [0.1, 0.15) is 0 Å². The van der Waals surface area contributed by atoms with Gasteiger partial charge in [0, 0.05) is 12.4 Å². The molecule has 0 fully saturated rings. The Morgan fingerprint density at radius 3 is 1.19 bits per heavy atom. The molecule has 1 aromatic rings. The second-order valence-electron chi connectivity index (χ2n) is 8.63. The third-order valence-corrected chi connectivity index (χ3v) is 4.75. The van der Waals surface area contributed by atoms with E-state index in [2.05, 4.69) is 33.1 Å². The van der Waals surface area contributed by atoms with E-state index in [0.717, 1.165) is 4.48 Å². The van der Waals surface area contributed by atoms with Crippen LogP contribution in [0.5, 0.6) is 0 Å². The number of rotatable bonds is 15. The van der Waals surface area contributed by atoms with Crippen molar-refractivity contribution < 1.29 is 4.48 Å². The molecule has 0 amide bonds. The van der Waals surface area contributed by atoms with Crippen LogP contribution in [0.4, 0.5) is 0 Å². The number of hydrogen-bond donors (Lipinski definition) is 0. The lowest BCUT2D eigenvalue weighted by Gasteiger charge is -2.23. The highest BCUT2D eigenvalue weighted by atomic mass is 79.9. The summed E-state index contributed by atoms with van der Waals surface area (Å²) >= 11 is 0. The van der Waals surface area contributed by atoms with Crippen molar-refractivity contribution in [3.8, 4) is 0 Å². The van der Waals surface area contributed by atoms with E-state index in [1.54, 1.807) is 12.4 Å². The molecular weight excluding hydrogens is 396 g/mol. The summed E-state index contributed by atoms with van der Waals surface area (Å²) in [7, 11) is 6.88. The third kappa shape index (κ3) is 27.9. The molecule has 1 rings (SSSR count). The lowest BCUT2D eigenvalue weighted by Crippen LogP contribution is -2.35. The van der Waals surface area contributed by atoms with E-state index < -0.39 is 0 Å². The Bertz CT molecular complexity index is 336. The van der Waals surface area contributed by atoms with E-state index >= 15 is 0 Å². The fraction of sp³-hybridized carbons (Fsp3) is 0.792. The van der Waals surface area contributed by atoms with Gasteiger partial charge in [-0.2, -0.15) is 0 Å². The number of aromatic nitrogens is 1. The normalized spacial score (nSPS) is 10.7. The molecule has 0 bridgehead atoms. The SMILES string of the molecule is Br.CCCCCCCCCCCCCCCC[N+](C)(C)C.c1ccncc1. The number of halogens is 1. The third-order valence-electron chi connectivity index (χ3n) is 4.75. The second kappa shape index (κ2) is 21.9. The van der Waals surface area contributed by atoms with Gasteiger partial charge < -0.3 is 4.48 Å². The molecule has 0 saturated heterocycles. The van der Waals surface area contributed by atoms with Crippen molar-refractivity contribution in [1.82, 2.24) is 4.98 Å². The van der Waals surface area contributed by atoms with Crippen LogP contribution in [0.2, 0.25) is 0 Å². The Morgan fingerprint density at radius 1 is 0.556 bits per heavy atom. The van der Waals surface area contributed by atoms with Crippen LogP contribution in [0.1, 0.15) is 96.8 Å². The summed E-state index contributed by atoms with van der Waals surface area (Å²) in [6, 6.07) is 5.72. The Balaban J connectivity index is 0. The summed E-state index contributed by atoms with van der Waals surface area (Å²) in [5.74, 6) is 0. The number of hydrogen-bond acceptors (Lipinski definition) is 1. The molecule has 0 aliphatic rings. The van der Waals surface area contributed by atoms with Crippen LogP contribution < -0.4 is 0 Å². The molecule has 0 unspecified atom stereocenters. The number of nitrogens with zero attached hydrogens (tertiary/aromatic N) is 2. The highest BCUT2D eigenvalue weighted by Gasteiger charge is 2.04. The number of unbranched alkanes of at least 4 members (excludes halogenated alkanes) is 13. The Morgan fingerprint density at radius 2 is 0.926 bits per heavy atom. The molecule has 0 saturated carbocycles. The van der Waals surface area contributed by atoms with Gasteiger partial charge in [0.15, 0.2) is 0 Å². The van der Waals surface area contributed by atoms with Gasteiger partial charge in [0.05, 0.1) is 27.7 Å². The topological polar surface area (TPSA) is 12.9 Å². The summed E-state index contributed by atoms with van der Waals surface area (Å²) in [5, 5.41) is 0. The minimum Gasteiger partial charge on any atom is -0.331 e. The standard InChI is InChI=1S/C19H42N.C5H5N.BrH/c1-5-6-7-8-9-10-11-12-13-14-15-16-17-18-19-20(2,3)4;1-2-4-6-5-3-1;/h5-19H2,1-4H3;1-5H;1H/q+1;;. The van der Waals surface area contributed by atoms with Crippen LogP contribution in [0.15, 0.2) is 30.6 Å². The first-order valence-electron chi connectivity index (χ1n) is 11.2. The van der Waals surface area contributed by atoms with Crippen LogP contribution in [0, 0.1) is 0 Å². The molecular formula is C24H48BrN2+. The van der Waals surface area contributed by atoms with E-state index in [4.69, 9.17) is 0 Å². The van der Waals surface area contributed by atoms with Crippen molar-refractivity contribution in [3.05, 3.63) is 30.6 Å². The average Bonchev–Trinajstić information content (AvgIpc) is 2.63. The van der Waals surface area contributed by atoms with Gasteiger partial charge in [-0.05, 0) is 25.0 Å². The molecule has 0 atom stereocenters. The Kier molecular flexibility index (Phi) is 23.3. The summed E-state index contributed by atoms with van der Waals surface area (Å²) in [6.45, 7) is 3.63. The summed E-state index contributed by atoms with van der Waals surface area (Å²) in [4.78, 5) is 3.78. The van der Waals surface area contributed by atoms with E-state index in [1.165, 1.54) is 96.4 Å². The van der Waals surface area contributed by atoms with Crippen molar-refractivity contribution in [2.75, 3.05) is 27.7 Å². The lowest BCUT2D eigenvalue weighted by molar-refractivity contribution is -0.870. The molecule has 2 nitrogen and oxygen atoms in total. The van der Waals surface area contributed by atoms with E-state index in [9.17, 15) is 0 Å². The maximum atomic E-state index is 3.78. The fourth-order valence-corrected chi connectivity index (χ4v) is 3.09. The number of quaternary nitrogens is 1. The molecule has 0 spiro atoms. The quantitative estimate of drug-likeness (QED) is 0.198. The lowest BCUT2D eigenvalue weighted by atomic mass is 10.0. The van der Waals surface area contributed by atoms with Crippen molar-refractivity contribution in [2.24, 2.45) is 0 Å². The monoisotopic (exact) mass is 443 g/mol. The minimum absolute atomic E-state index is 0. The van der Waals surface area contributed by atoms with E-state index in [1.807, 2.05) is 18.2 Å². The van der Waals surface area contributed by atoms with Gasteiger partial charge in [0.25, 0.3) is 0 Å². The zero-order valence-electron chi connectivity index (χ0n) is 18.8. The first-order chi connectivity index (χ1) is 12.6. The summed E-state index contributed by atoms with van der Waals surface area (Å²) in [5.41, 5.74) is 0. The first kappa shape index (κ1) is 28.8. The highest BCUT2D eigenvalue weighted by molar-refractivity contribution is 8.93. The van der Waals surface area contributed by atoms with Crippen LogP contribution in [-0.2, 0) is 0 Å². The molecule has 0 radical (unpaired) electrons. The minimum atomic E-state index is 0. The molecule has 160 valence electrons. The van der Waals surface area contributed by atoms with E-state index in [-0.39, 0.29) is 17.0 Å².